The molecule has 1 saturated heterocycles. The van der Waals surface area contributed by atoms with Gasteiger partial charge in [-0.1, -0.05) is 56.3 Å². The molecule has 5 heteroatoms. The Morgan fingerprint density at radius 1 is 1.10 bits per heavy atom. The van der Waals surface area contributed by atoms with Crippen LogP contribution in [0.1, 0.15) is 43.9 Å². The highest BCUT2D eigenvalue weighted by Gasteiger charge is 2.29. The lowest BCUT2D eigenvalue weighted by molar-refractivity contribution is -0.127. The molecule has 0 radical (unpaired) electrons. The Labute approximate surface area is 181 Å². The van der Waals surface area contributed by atoms with E-state index in [2.05, 4.69) is 53.2 Å². The quantitative estimate of drug-likeness (QED) is 0.683. The molecule has 1 heterocycles. The van der Waals surface area contributed by atoms with Crippen molar-refractivity contribution in [2.45, 2.75) is 45.3 Å². The summed E-state index contributed by atoms with van der Waals surface area (Å²) < 4.78 is 5.33. The van der Waals surface area contributed by atoms with Crippen LogP contribution in [-0.4, -0.2) is 55.0 Å². The standard InChI is InChI=1S/C25H35N3O2/c1-4-28(5-2)24(21-11-7-6-8-12-21)25(29)26-22-14-16-27(17-15-22)19-20-10-9-13-23(18-20)30-3/h6-13,18,22,24H,4-5,14-17,19H2,1-3H3,(H,26,29). The minimum atomic E-state index is -0.226. The summed E-state index contributed by atoms with van der Waals surface area (Å²) >= 11 is 0. The van der Waals surface area contributed by atoms with Crippen LogP contribution < -0.4 is 10.1 Å². The molecule has 1 atom stereocenters. The molecule has 5 nitrogen and oxygen atoms in total. The molecule has 1 aliphatic heterocycles. The van der Waals surface area contributed by atoms with Crippen molar-refractivity contribution in [1.82, 2.24) is 15.1 Å². The maximum Gasteiger partial charge on any atom is 0.242 e. The van der Waals surface area contributed by atoms with E-state index in [1.165, 1.54) is 5.56 Å². The summed E-state index contributed by atoms with van der Waals surface area (Å²) in [6, 6.07) is 18.4. The number of carbonyl (C=O) groups is 1. The topological polar surface area (TPSA) is 44.8 Å². The van der Waals surface area contributed by atoms with E-state index in [0.29, 0.717) is 0 Å². The Kier molecular flexibility index (Phi) is 8.29. The van der Waals surface area contributed by atoms with Crippen LogP contribution in [0.3, 0.4) is 0 Å². The number of piperidine rings is 1. The molecule has 2 aromatic rings. The fraction of sp³-hybridized carbons (Fsp3) is 0.480. The summed E-state index contributed by atoms with van der Waals surface area (Å²) in [5.41, 5.74) is 2.33. The highest BCUT2D eigenvalue weighted by atomic mass is 16.5. The van der Waals surface area contributed by atoms with Gasteiger partial charge in [0.2, 0.25) is 5.91 Å². The number of nitrogens with one attached hydrogen (secondary N) is 1. The van der Waals surface area contributed by atoms with E-state index in [9.17, 15) is 4.79 Å². The zero-order valence-electron chi connectivity index (χ0n) is 18.5. The monoisotopic (exact) mass is 409 g/mol. The first-order valence-electron chi connectivity index (χ1n) is 11.1. The molecule has 162 valence electrons. The summed E-state index contributed by atoms with van der Waals surface area (Å²) in [6.07, 6.45) is 1.96. The number of ether oxygens (including phenoxy) is 1. The van der Waals surface area contributed by atoms with E-state index < -0.39 is 0 Å². The molecule has 1 unspecified atom stereocenters. The number of amides is 1. The maximum absolute atomic E-state index is 13.2. The van der Waals surface area contributed by atoms with Crippen LogP contribution in [0.15, 0.2) is 54.6 Å². The SMILES string of the molecule is CCN(CC)C(C(=O)NC1CCN(Cc2cccc(OC)c2)CC1)c1ccccc1. The number of hydrogen-bond donors (Lipinski definition) is 1. The summed E-state index contributed by atoms with van der Waals surface area (Å²) in [5, 5.41) is 3.34. The van der Waals surface area contributed by atoms with E-state index >= 15 is 0 Å². The fourth-order valence-corrected chi connectivity index (χ4v) is 4.30. The summed E-state index contributed by atoms with van der Waals surface area (Å²) in [5.74, 6) is 1.02. The average Bonchev–Trinajstić information content (AvgIpc) is 2.79. The molecule has 1 aliphatic rings. The predicted octanol–water partition coefficient (Wildman–Crippen LogP) is 3.86. The van der Waals surface area contributed by atoms with Crippen molar-refractivity contribution in [3.8, 4) is 5.75 Å². The first kappa shape index (κ1) is 22.3. The van der Waals surface area contributed by atoms with Gasteiger partial charge in [0.25, 0.3) is 0 Å². The summed E-state index contributed by atoms with van der Waals surface area (Å²) in [6.45, 7) is 8.83. The largest absolute Gasteiger partial charge is 0.497 e. The van der Waals surface area contributed by atoms with Crippen molar-refractivity contribution in [2.24, 2.45) is 0 Å². The normalized spacial score (nSPS) is 16.4. The lowest BCUT2D eigenvalue weighted by Gasteiger charge is -2.35. The number of nitrogens with zero attached hydrogens (tertiary/aromatic N) is 2. The molecule has 30 heavy (non-hydrogen) atoms. The number of likely N-dealkylation sites (tertiary alicyclic amines) is 1. The highest BCUT2D eigenvalue weighted by Crippen LogP contribution is 2.22. The van der Waals surface area contributed by atoms with Crippen LogP contribution in [0.2, 0.25) is 0 Å². The summed E-state index contributed by atoms with van der Waals surface area (Å²) in [7, 11) is 1.70. The van der Waals surface area contributed by atoms with Crippen molar-refractivity contribution in [3.63, 3.8) is 0 Å². The van der Waals surface area contributed by atoms with Crippen LogP contribution in [0, 0.1) is 0 Å². The molecule has 1 N–H and O–H groups in total. The van der Waals surface area contributed by atoms with Crippen molar-refractivity contribution in [3.05, 3.63) is 65.7 Å². The number of carbonyl (C=O) groups excluding carboxylic acids is 1. The van der Waals surface area contributed by atoms with E-state index in [-0.39, 0.29) is 18.0 Å². The van der Waals surface area contributed by atoms with Crippen molar-refractivity contribution in [1.29, 1.82) is 0 Å². The van der Waals surface area contributed by atoms with Gasteiger partial charge in [0.1, 0.15) is 11.8 Å². The Hall–Kier alpha value is -2.37. The molecule has 0 aliphatic carbocycles. The van der Waals surface area contributed by atoms with Crippen molar-refractivity contribution < 1.29 is 9.53 Å². The van der Waals surface area contributed by atoms with Crippen LogP contribution in [0.25, 0.3) is 0 Å². The molecule has 1 amide bonds. The van der Waals surface area contributed by atoms with Gasteiger partial charge in [-0.15, -0.1) is 0 Å². The Balaban J connectivity index is 1.56. The van der Waals surface area contributed by atoms with E-state index in [4.69, 9.17) is 4.74 Å². The van der Waals surface area contributed by atoms with Gasteiger partial charge >= 0.3 is 0 Å². The Bertz CT molecular complexity index is 784. The molecular formula is C25H35N3O2. The second-order valence-electron chi connectivity index (χ2n) is 7.94. The lowest BCUT2D eigenvalue weighted by atomic mass is 10.0. The molecule has 2 aromatic carbocycles. The molecule has 0 saturated carbocycles. The third-order valence-corrected chi connectivity index (χ3v) is 6.02. The molecule has 0 spiro atoms. The smallest absolute Gasteiger partial charge is 0.242 e. The third kappa shape index (κ3) is 5.83. The number of likely N-dealkylation sites (N-methyl/N-ethyl adjacent to an activating group) is 1. The Morgan fingerprint density at radius 3 is 2.43 bits per heavy atom. The third-order valence-electron chi connectivity index (χ3n) is 6.02. The zero-order valence-corrected chi connectivity index (χ0v) is 18.5. The van der Waals surface area contributed by atoms with Gasteiger partial charge in [-0.3, -0.25) is 14.6 Å². The number of rotatable bonds is 9. The van der Waals surface area contributed by atoms with Gasteiger partial charge in [-0.2, -0.15) is 0 Å². The van der Waals surface area contributed by atoms with Gasteiger partial charge in [0.15, 0.2) is 0 Å². The maximum atomic E-state index is 13.2. The van der Waals surface area contributed by atoms with Crippen molar-refractivity contribution in [2.75, 3.05) is 33.3 Å². The second-order valence-corrected chi connectivity index (χ2v) is 7.94. The van der Waals surface area contributed by atoms with Crippen molar-refractivity contribution >= 4 is 5.91 Å². The molecule has 3 rings (SSSR count). The highest BCUT2D eigenvalue weighted by molar-refractivity contribution is 5.83. The number of hydrogen-bond acceptors (Lipinski definition) is 4. The van der Waals surface area contributed by atoms with Gasteiger partial charge < -0.3 is 10.1 Å². The van der Waals surface area contributed by atoms with Crippen LogP contribution in [0.4, 0.5) is 0 Å². The number of benzene rings is 2. The van der Waals surface area contributed by atoms with Crippen LogP contribution >= 0.6 is 0 Å². The molecule has 0 aromatic heterocycles. The van der Waals surface area contributed by atoms with Gasteiger partial charge in [0.05, 0.1) is 7.11 Å². The van der Waals surface area contributed by atoms with E-state index in [0.717, 1.165) is 56.9 Å². The minimum Gasteiger partial charge on any atom is -0.497 e. The van der Waals surface area contributed by atoms with Gasteiger partial charge in [-0.05, 0) is 49.2 Å². The first-order valence-corrected chi connectivity index (χ1v) is 11.1. The van der Waals surface area contributed by atoms with Gasteiger partial charge in [0, 0.05) is 25.7 Å². The molecule has 1 fully saturated rings. The van der Waals surface area contributed by atoms with E-state index in [1.807, 2.05) is 30.3 Å². The lowest BCUT2D eigenvalue weighted by Crippen LogP contribution is -2.48. The Morgan fingerprint density at radius 2 is 1.80 bits per heavy atom. The molecular weight excluding hydrogens is 374 g/mol. The first-order chi connectivity index (χ1) is 14.6. The molecule has 0 bridgehead atoms. The average molecular weight is 410 g/mol. The fourth-order valence-electron chi connectivity index (χ4n) is 4.30. The second kappa shape index (κ2) is 11.1. The predicted molar refractivity (Wildman–Crippen MR) is 122 cm³/mol. The van der Waals surface area contributed by atoms with Crippen LogP contribution in [-0.2, 0) is 11.3 Å². The number of methoxy groups -OCH3 is 1. The summed E-state index contributed by atoms with van der Waals surface area (Å²) in [4.78, 5) is 17.9. The van der Waals surface area contributed by atoms with E-state index in [1.54, 1.807) is 7.11 Å². The minimum absolute atomic E-state index is 0.121. The zero-order chi connectivity index (χ0) is 21.3. The van der Waals surface area contributed by atoms with Crippen LogP contribution in [0.5, 0.6) is 5.75 Å². The van der Waals surface area contributed by atoms with Gasteiger partial charge in [-0.25, -0.2) is 0 Å².